The predicted octanol–water partition coefficient (Wildman–Crippen LogP) is 0.998. The van der Waals surface area contributed by atoms with E-state index >= 15 is 0 Å². The van der Waals surface area contributed by atoms with Crippen LogP contribution in [0.5, 0.6) is 0 Å². The summed E-state index contributed by atoms with van der Waals surface area (Å²) in [5, 5.41) is 3.29. The van der Waals surface area contributed by atoms with Crippen molar-refractivity contribution in [1.29, 1.82) is 0 Å². The van der Waals surface area contributed by atoms with Crippen LogP contribution in [-0.4, -0.2) is 58.9 Å². The number of carbonyl (C=O) groups excluding carboxylic acids is 2. The minimum Gasteiger partial charge on any atom is -0.465 e. The number of nitrogens with zero attached hydrogens (tertiary/aromatic N) is 1. The third-order valence-electron chi connectivity index (χ3n) is 5.24. The van der Waals surface area contributed by atoms with Crippen molar-refractivity contribution in [3.05, 3.63) is 45.8 Å². The summed E-state index contributed by atoms with van der Waals surface area (Å²) in [5.74, 6) is -0.873. The molecular weight excluding hydrogens is 426 g/mol. The number of carbonyl (C=O) groups is 2. The number of sulfonamides is 1. The lowest BCUT2D eigenvalue weighted by Gasteiger charge is -2.22. The van der Waals surface area contributed by atoms with Crippen LogP contribution in [0.2, 0.25) is 0 Å². The smallest absolute Gasteiger partial charge is 0.341 e. The number of amides is 1. The van der Waals surface area contributed by atoms with Gasteiger partial charge in [-0.1, -0.05) is 0 Å². The highest BCUT2D eigenvalue weighted by atomic mass is 32.2. The van der Waals surface area contributed by atoms with Crippen LogP contribution in [0.15, 0.2) is 29.2 Å². The fourth-order valence-corrected chi connectivity index (χ4v) is 5.61. The molecule has 1 aliphatic rings. The zero-order valence-electron chi connectivity index (χ0n) is 17.4. The summed E-state index contributed by atoms with van der Waals surface area (Å²) in [6, 6.07) is 5.71. The molecule has 2 heterocycles. The van der Waals surface area contributed by atoms with Gasteiger partial charge in [0.1, 0.15) is 11.5 Å². The first-order chi connectivity index (χ1) is 14.2. The maximum absolute atomic E-state index is 12.8. The molecule has 0 spiro atoms. The van der Waals surface area contributed by atoms with Crippen LogP contribution in [0.1, 0.15) is 38.1 Å². The molecule has 8 nitrogen and oxygen atoms in total. The summed E-state index contributed by atoms with van der Waals surface area (Å²) < 4.78 is 30.5. The minimum atomic E-state index is -3.57. The van der Waals surface area contributed by atoms with Gasteiger partial charge in [-0.25, -0.2) is 17.5 Å². The molecule has 10 heteroatoms. The van der Waals surface area contributed by atoms with E-state index in [9.17, 15) is 18.0 Å². The number of benzene rings is 1. The monoisotopic (exact) mass is 452 g/mol. The highest BCUT2D eigenvalue weighted by Crippen LogP contribution is 2.35. The van der Waals surface area contributed by atoms with Gasteiger partial charge < -0.3 is 15.0 Å². The van der Waals surface area contributed by atoms with Crippen molar-refractivity contribution < 1.29 is 27.6 Å². The van der Waals surface area contributed by atoms with Crippen LogP contribution in [0, 0.1) is 0 Å². The topological polar surface area (TPSA) is 97.2 Å². The molecule has 30 heavy (non-hydrogen) atoms. The van der Waals surface area contributed by atoms with Gasteiger partial charge >= 0.3 is 5.97 Å². The number of methoxy groups -OCH3 is 1. The number of esters is 1. The number of rotatable bonds is 6. The Morgan fingerprint density at radius 3 is 2.47 bits per heavy atom. The molecule has 1 atom stereocenters. The Labute approximate surface area is 180 Å². The summed E-state index contributed by atoms with van der Waals surface area (Å²) in [6.45, 7) is 4.86. The Kier molecular flexibility index (Phi) is 6.61. The number of hydrogen-bond donors (Lipinski definition) is 2. The lowest BCUT2D eigenvalue weighted by atomic mass is 10.0. The zero-order chi connectivity index (χ0) is 22.1. The van der Waals surface area contributed by atoms with Crippen LogP contribution in [0.25, 0.3) is 0 Å². The molecule has 3 rings (SSSR count). The predicted molar refractivity (Wildman–Crippen MR) is 115 cm³/mol. The van der Waals surface area contributed by atoms with E-state index in [4.69, 9.17) is 4.74 Å². The second kappa shape index (κ2) is 8.84. The van der Waals surface area contributed by atoms with Gasteiger partial charge in [0.25, 0.3) is 5.91 Å². The Morgan fingerprint density at radius 1 is 1.23 bits per heavy atom. The molecule has 0 saturated carbocycles. The fourth-order valence-electron chi connectivity index (χ4n) is 3.41. The number of nitrogens with one attached hydrogen (secondary N) is 2. The van der Waals surface area contributed by atoms with Crippen LogP contribution < -0.4 is 10.2 Å². The Hall–Kier alpha value is -2.27. The van der Waals surface area contributed by atoms with E-state index in [-0.39, 0.29) is 4.90 Å². The van der Waals surface area contributed by atoms with E-state index < -0.39 is 21.9 Å². The van der Waals surface area contributed by atoms with E-state index in [0.717, 1.165) is 40.8 Å². The van der Waals surface area contributed by atoms with Crippen LogP contribution in [-0.2, 0) is 27.7 Å². The zero-order valence-corrected chi connectivity index (χ0v) is 19.1. The molecule has 0 saturated heterocycles. The molecule has 2 aromatic rings. The van der Waals surface area contributed by atoms with Crippen LogP contribution in [0.3, 0.4) is 0 Å². The molecular formula is C20H26N3O5S2+. The third kappa shape index (κ3) is 4.27. The highest BCUT2D eigenvalue weighted by Gasteiger charge is 2.30. The molecule has 1 aliphatic heterocycles. The molecule has 0 radical (unpaired) electrons. The Bertz CT molecular complexity index is 1060. The van der Waals surface area contributed by atoms with Gasteiger partial charge in [-0.15, -0.1) is 11.3 Å². The number of anilines is 1. The number of thiophene rings is 1. The number of quaternary nitrogens is 1. The summed E-state index contributed by atoms with van der Waals surface area (Å²) in [6.07, 6.45) is 0.756. The Morgan fingerprint density at radius 2 is 1.90 bits per heavy atom. The average molecular weight is 453 g/mol. The molecule has 1 aromatic heterocycles. The van der Waals surface area contributed by atoms with Crippen molar-refractivity contribution in [3.63, 3.8) is 0 Å². The van der Waals surface area contributed by atoms with Crippen LogP contribution in [0.4, 0.5) is 5.00 Å². The molecule has 1 aromatic carbocycles. The molecule has 1 amide bonds. The van der Waals surface area contributed by atoms with Crippen molar-refractivity contribution in [3.8, 4) is 0 Å². The fraction of sp³-hybridized carbons (Fsp3) is 0.400. The van der Waals surface area contributed by atoms with Gasteiger partial charge in [-0.2, -0.15) is 0 Å². The lowest BCUT2D eigenvalue weighted by Crippen LogP contribution is -3.11. The van der Waals surface area contributed by atoms with E-state index in [1.54, 1.807) is 0 Å². The molecule has 0 bridgehead atoms. The van der Waals surface area contributed by atoms with E-state index in [1.165, 1.54) is 61.7 Å². The normalized spacial score (nSPS) is 16.2. The first kappa shape index (κ1) is 22.4. The van der Waals surface area contributed by atoms with E-state index in [1.807, 2.05) is 0 Å². The second-order valence-corrected chi connectivity index (χ2v) is 10.5. The summed E-state index contributed by atoms with van der Waals surface area (Å²) >= 11 is 1.40. The highest BCUT2D eigenvalue weighted by molar-refractivity contribution is 7.89. The van der Waals surface area contributed by atoms with Crippen molar-refractivity contribution >= 4 is 38.2 Å². The van der Waals surface area contributed by atoms with E-state index in [2.05, 4.69) is 12.2 Å². The average Bonchev–Trinajstić information content (AvgIpc) is 3.09. The maximum Gasteiger partial charge on any atom is 0.341 e. The van der Waals surface area contributed by atoms with Crippen LogP contribution >= 0.6 is 11.3 Å². The van der Waals surface area contributed by atoms with Gasteiger partial charge in [0.15, 0.2) is 0 Å². The number of hydrogen-bond acceptors (Lipinski definition) is 6. The van der Waals surface area contributed by atoms with Crippen molar-refractivity contribution in [2.24, 2.45) is 0 Å². The summed E-state index contributed by atoms with van der Waals surface area (Å²) in [5.41, 5.74) is 1.68. The first-order valence-electron chi connectivity index (χ1n) is 9.59. The maximum atomic E-state index is 12.8. The second-order valence-electron chi connectivity index (χ2n) is 7.25. The van der Waals surface area contributed by atoms with Gasteiger partial charge in [-0.05, 0) is 36.8 Å². The number of ether oxygens (including phenoxy) is 1. The van der Waals surface area contributed by atoms with Gasteiger partial charge in [0.05, 0.1) is 35.5 Å². The van der Waals surface area contributed by atoms with Gasteiger partial charge in [0, 0.05) is 26.1 Å². The quantitative estimate of drug-likeness (QED) is 0.638. The number of likely N-dealkylation sites (N-methyl/N-ethyl adjacent to an activating group) is 1. The Balaban J connectivity index is 1.88. The van der Waals surface area contributed by atoms with E-state index in [0.29, 0.717) is 16.1 Å². The minimum absolute atomic E-state index is 0.105. The first-order valence-corrected chi connectivity index (χ1v) is 11.8. The van der Waals surface area contributed by atoms with Gasteiger partial charge in [0.2, 0.25) is 10.0 Å². The summed E-state index contributed by atoms with van der Waals surface area (Å²) in [4.78, 5) is 27.8. The van der Waals surface area contributed by atoms with Crippen molar-refractivity contribution in [2.75, 3.05) is 39.6 Å². The van der Waals surface area contributed by atoms with Gasteiger partial charge in [-0.3, -0.25) is 4.79 Å². The van der Waals surface area contributed by atoms with Crippen molar-refractivity contribution in [1.82, 2.24) is 4.31 Å². The number of fused-ring (bicyclic) bond motifs is 1. The molecule has 0 aliphatic carbocycles. The SMILES string of the molecule is CC[NH+]1CCc2c(sc(NC(=O)c3ccc(S(=O)(=O)N(C)C)cc3)c2C(=O)OC)C1. The summed E-state index contributed by atoms with van der Waals surface area (Å²) in [7, 11) is 0.656. The largest absolute Gasteiger partial charge is 0.465 e. The van der Waals surface area contributed by atoms with Crippen molar-refractivity contribution in [2.45, 2.75) is 24.8 Å². The standard InChI is InChI=1S/C20H25N3O5S2/c1-5-23-11-10-15-16(12-23)29-19(17(15)20(25)28-4)21-18(24)13-6-8-14(9-7-13)30(26,27)22(2)3/h6-9H,5,10-12H2,1-4H3,(H,21,24)/p+1. The molecule has 162 valence electrons. The molecule has 0 fully saturated rings. The molecule has 1 unspecified atom stereocenters. The molecule has 2 N–H and O–H groups in total. The third-order valence-corrected chi connectivity index (χ3v) is 8.22. The lowest BCUT2D eigenvalue weighted by molar-refractivity contribution is -0.913.